The van der Waals surface area contributed by atoms with Crippen LogP contribution >= 0.6 is 11.6 Å². The Kier molecular flexibility index (Phi) is 4.39. The van der Waals surface area contributed by atoms with E-state index in [-0.39, 0.29) is 5.69 Å². The first-order valence-electron chi connectivity index (χ1n) is 7.15. The molecule has 0 saturated carbocycles. The number of nitrogens with zero attached hydrogens (tertiary/aromatic N) is 2. The maximum Gasteiger partial charge on any atom is 0.269 e. The van der Waals surface area contributed by atoms with E-state index in [1.165, 1.54) is 12.1 Å². The molecule has 0 atom stereocenters. The summed E-state index contributed by atoms with van der Waals surface area (Å²) >= 11 is 6.15. The molecular weight excluding hydrogens is 314 g/mol. The number of benzene rings is 2. The van der Waals surface area contributed by atoms with E-state index in [1.807, 2.05) is 24.3 Å². The minimum absolute atomic E-state index is 0.104. The van der Waals surface area contributed by atoms with Crippen LogP contribution in [0.3, 0.4) is 0 Å². The number of anilines is 1. The molecule has 0 radical (unpaired) electrons. The molecule has 0 aliphatic rings. The Morgan fingerprint density at radius 3 is 2.48 bits per heavy atom. The van der Waals surface area contributed by atoms with Crippen LogP contribution < -0.4 is 5.32 Å². The number of rotatable bonds is 5. The molecular formula is C17H14ClN3O2. The molecule has 1 aromatic heterocycles. The monoisotopic (exact) mass is 327 g/mol. The van der Waals surface area contributed by atoms with Gasteiger partial charge in [-0.3, -0.25) is 10.1 Å². The molecule has 2 aromatic carbocycles. The summed E-state index contributed by atoms with van der Waals surface area (Å²) in [5.41, 5.74) is 1.13. The molecule has 0 aliphatic carbocycles. The average molecular weight is 328 g/mol. The van der Waals surface area contributed by atoms with Crippen LogP contribution in [0.25, 0.3) is 10.8 Å². The summed E-state index contributed by atoms with van der Waals surface area (Å²) in [6, 6.07) is 14.4. The van der Waals surface area contributed by atoms with Gasteiger partial charge in [-0.15, -0.1) is 0 Å². The smallest absolute Gasteiger partial charge is 0.269 e. The molecule has 3 rings (SSSR count). The molecule has 0 unspecified atom stereocenters. The normalized spacial score (nSPS) is 10.7. The van der Waals surface area contributed by atoms with Crippen molar-refractivity contribution in [2.45, 2.75) is 6.42 Å². The summed E-state index contributed by atoms with van der Waals surface area (Å²) < 4.78 is 0. The molecule has 1 heterocycles. The molecule has 5 nitrogen and oxygen atoms in total. The number of nitro groups is 1. The third kappa shape index (κ3) is 3.40. The van der Waals surface area contributed by atoms with Crippen LogP contribution in [0.4, 0.5) is 11.5 Å². The molecule has 1 N–H and O–H groups in total. The maximum atomic E-state index is 10.6. The second kappa shape index (κ2) is 6.62. The van der Waals surface area contributed by atoms with E-state index in [2.05, 4.69) is 10.3 Å². The molecule has 0 amide bonds. The lowest BCUT2D eigenvalue weighted by molar-refractivity contribution is -0.384. The number of aromatic nitrogens is 1. The van der Waals surface area contributed by atoms with E-state index in [0.717, 1.165) is 28.6 Å². The number of fused-ring (bicyclic) bond motifs is 1. The van der Waals surface area contributed by atoms with Crippen molar-refractivity contribution in [3.8, 4) is 0 Å². The molecule has 0 fully saturated rings. The Balaban J connectivity index is 1.69. The lowest BCUT2D eigenvalue weighted by Gasteiger charge is -2.09. The fraction of sp³-hybridized carbons (Fsp3) is 0.118. The van der Waals surface area contributed by atoms with Crippen LogP contribution in [0.15, 0.2) is 54.7 Å². The van der Waals surface area contributed by atoms with Crippen LogP contribution in [0, 0.1) is 10.1 Å². The number of hydrogen-bond acceptors (Lipinski definition) is 4. The summed E-state index contributed by atoms with van der Waals surface area (Å²) in [5, 5.41) is 16.5. The Morgan fingerprint density at radius 1 is 1.09 bits per heavy atom. The second-order valence-electron chi connectivity index (χ2n) is 5.10. The van der Waals surface area contributed by atoms with Crippen molar-refractivity contribution in [2.24, 2.45) is 0 Å². The topological polar surface area (TPSA) is 68.1 Å². The van der Waals surface area contributed by atoms with Gasteiger partial charge in [0.2, 0.25) is 0 Å². The van der Waals surface area contributed by atoms with E-state index < -0.39 is 4.92 Å². The highest BCUT2D eigenvalue weighted by Gasteiger charge is 2.06. The summed E-state index contributed by atoms with van der Waals surface area (Å²) in [7, 11) is 0. The lowest BCUT2D eigenvalue weighted by atomic mass is 10.1. The number of pyridine rings is 1. The van der Waals surface area contributed by atoms with Crippen LogP contribution in [0.2, 0.25) is 5.02 Å². The average Bonchev–Trinajstić information content (AvgIpc) is 2.58. The largest absolute Gasteiger partial charge is 0.369 e. The first kappa shape index (κ1) is 15.2. The predicted octanol–water partition coefficient (Wildman–Crippen LogP) is 4.45. The molecule has 6 heteroatoms. The first-order chi connectivity index (χ1) is 11.1. The van der Waals surface area contributed by atoms with Crippen molar-refractivity contribution in [1.82, 2.24) is 4.98 Å². The van der Waals surface area contributed by atoms with E-state index in [4.69, 9.17) is 11.6 Å². The number of nitrogens with one attached hydrogen (secondary N) is 1. The standard InChI is InChI=1S/C17H14ClN3O2/c18-16-11-20-17(15-4-2-1-3-14(15)16)19-10-9-12-5-7-13(8-6-12)21(22)23/h1-8,11H,9-10H2,(H,19,20). The quantitative estimate of drug-likeness (QED) is 0.555. The first-order valence-corrected chi connectivity index (χ1v) is 7.53. The third-order valence-corrected chi connectivity index (χ3v) is 3.90. The number of hydrogen-bond donors (Lipinski definition) is 1. The number of nitro benzene ring substituents is 1. The van der Waals surface area contributed by atoms with Crippen LogP contribution in [0.5, 0.6) is 0 Å². The predicted molar refractivity (Wildman–Crippen MR) is 92.0 cm³/mol. The van der Waals surface area contributed by atoms with Gasteiger partial charge in [-0.1, -0.05) is 48.0 Å². The van der Waals surface area contributed by atoms with Gasteiger partial charge in [0.05, 0.1) is 9.95 Å². The number of non-ortho nitro benzene ring substituents is 1. The highest BCUT2D eigenvalue weighted by atomic mass is 35.5. The van der Waals surface area contributed by atoms with E-state index in [0.29, 0.717) is 11.6 Å². The molecule has 0 spiro atoms. The Bertz CT molecular complexity index is 850. The van der Waals surface area contributed by atoms with Gasteiger partial charge in [0.1, 0.15) is 5.82 Å². The number of halogens is 1. The fourth-order valence-corrected chi connectivity index (χ4v) is 2.62. The zero-order chi connectivity index (χ0) is 16.2. The fourth-order valence-electron chi connectivity index (χ4n) is 2.41. The molecule has 3 aromatic rings. The lowest BCUT2D eigenvalue weighted by Crippen LogP contribution is -2.06. The van der Waals surface area contributed by atoms with Crippen LogP contribution in [-0.2, 0) is 6.42 Å². The zero-order valence-electron chi connectivity index (χ0n) is 12.2. The van der Waals surface area contributed by atoms with Crippen molar-refractivity contribution in [3.05, 3.63) is 75.4 Å². The molecule has 23 heavy (non-hydrogen) atoms. The van der Waals surface area contributed by atoms with Gasteiger partial charge < -0.3 is 5.32 Å². The van der Waals surface area contributed by atoms with E-state index in [9.17, 15) is 10.1 Å². The summed E-state index contributed by atoms with van der Waals surface area (Å²) in [6.07, 6.45) is 2.38. The van der Waals surface area contributed by atoms with Gasteiger partial charge in [-0.2, -0.15) is 0 Å². The minimum Gasteiger partial charge on any atom is -0.369 e. The van der Waals surface area contributed by atoms with Gasteiger partial charge in [-0.05, 0) is 12.0 Å². The minimum atomic E-state index is -0.397. The van der Waals surface area contributed by atoms with Gasteiger partial charge in [0.25, 0.3) is 5.69 Å². The van der Waals surface area contributed by atoms with Crippen molar-refractivity contribution in [3.63, 3.8) is 0 Å². The van der Waals surface area contributed by atoms with E-state index in [1.54, 1.807) is 18.3 Å². The van der Waals surface area contributed by atoms with Gasteiger partial charge in [0.15, 0.2) is 0 Å². The van der Waals surface area contributed by atoms with Gasteiger partial charge in [-0.25, -0.2) is 4.98 Å². The highest BCUT2D eigenvalue weighted by Crippen LogP contribution is 2.27. The Labute approximate surface area is 138 Å². The van der Waals surface area contributed by atoms with Crippen molar-refractivity contribution >= 4 is 33.9 Å². The molecule has 0 saturated heterocycles. The van der Waals surface area contributed by atoms with E-state index >= 15 is 0 Å². The summed E-state index contributed by atoms with van der Waals surface area (Å²) in [6.45, 7) is 0.677. The highest BCUT2D eigenvalue weighted by molar-refractivity contribution is 6.35. The Hall–Kier alpha value is -2.66. The van der Waals surface area contributed by atoms with Crippen molar-refractivity contribution < 1.29 is 4.92 Å². The summed E-state index contributed by atoms with van der Waals surface area (Å²) in [4.78, 5) is 14.6. The van der Waals surface area contributed by atoms with Gasteiger partial charge >= 0.3 is 0 Å². The zero-order valence-corrected chi connectivity index (χ0v) is 13.0. The second-order valence-corrected chi connectivity index (χ2v) is 5.51. The van der Waals surface area contributed by atoms with Crippen LogP contribution in [-0.4, -0.2) is 16.5 Å². The third-order valence-electron chi connectivity index (χ3n) is 3.60. The van der Waals surface area contributed by atoms with Crippen LogP contribution in [0.1, 0.15) is 5.56 Å². The molecule has 0 bridgehead atoms. The maximum absolute atomic E-state index is 10.6. The van der Waals surface area contributed by atoms with Crippen molar-refractivity contribution in [2.75, 3.05) is 11.9 Å². The van der Waals surface area contributed by atoms with Crippen molar-refractivity contribution in [1.29, 1.82) is 0 Å². The molecule has 0 aliphatic heterocycles. The molecule has 116 valence electrons. The Morgan fingerprint density at radius 2 is 1.78 bits per heavy atom. The SMILES string of the molecule is O=[N+]([O-])c1ccc(CCNc2ncc(Cl)c3ccccc23)cc1. The summed E-state index contributed by atoms with van der Waals surface area (Å²) in [5.74, 6) is 0.784. The van der Waals surface area contributed by atoms with Gasteiger partial charge in [0, 0.05) is 35.6 Å².